The largest absolute Gasteiger partial charge is 0.444 e. The fraction of sp³-hybridized carbons (Fsp3) is 0.531. The lowest BCUT2D eigenvalue weighted by molar-refractivity contribution is -0.142. The van der Waals surface area contributed by atoms with Gasteiger partial charge in [-0.15, -0.1) is 0 Å². The Bertz CT molecular complexity index is 1200. The van der Waals surface area contributed by atoms with Gasteiger partial charge in [-0.05, 0) is 94.5 Å². The molecule has 7 heteroatoms. The van der Waals surface area contributed by atoms with Crippen molar-refractivity contribution < 1.29 is 19.1 Å². The van der Waals surface area contributed by atoms with E-state index in [1.807, 2.05) is 77.1 Å². The van der Waals surface area contributed by atoms with Crippen LogP contribution in [0.3, 0.4) is 0 Å². The topological polar surface area (TPSA) is 87.7 Å². The van der Waals surface area contributed by atoms with Crippen molar-refractivity contribution in [3.63, 3.8) is 0 Å². The molecule has 0 aliphatic heterocycles. The number of rotatable bonds is 9. The van der Waals surface area contributed by atoms with Crippen LogP contribution in [0.15, 0.2) is 42.5 Å². The number of nitrogens with one attached hydrogen (secondary N) is 2. The van der Waals surface area contributed by atoms with E-state index in [1.165, 1.54) is 0 Å². The van der Waals surface area contributed by atoms with Crippen molar-refractivity contribution in [1.29, 1.82) is 0 Å². The first-order valence-corrected chi connectivity index (χ1v) is 13.9. The summed E-state index contributed by atoms with van der Waals surface area (Å²) >= 11 is 0. The molecule has 1 aliphatic rings. The summed E-state index contributed by atoms with van der Waals surface area (Å²) in [6.07, 6.45) is 0.582. The van der Waals surface area contributed by atoms with Crippen LogP contribution in [-0.2, 0) is 14.3 Å². The molecule has 4 atom stereocenters. The molecule has 1 saturated carbocycles. The van der Waals surface area contributed by atoms with Gasteiger partial charge in [-0.2, -0.15) is 0 Å². The van der Waals surface area contributed by atoms with Crippen LogP contribution in [0.1, 0.15) is 82.7 Å². The number of nitrogens with zero attached hydrogens (tertiary/aromatic N) is 1. The number of amides is 3. The van der Waals surface area contributed by atoms with Crippen LogP contribution in [0.5, 0.6) is 0 Å². The lowest BCUT2D eigenvalue weighted by Gasteiger charge is -2.36. The molecule has 39 heavy (non-hydrogen) atoms. The number of ether oxygens (including phenoxy) is 1. The van der Waals surface area contributed by atoms with Crippen LogP contribution in [0.4, 0.5) is 10.5 Å². The number of alkyl carbamates (subject to hydrolysis) is 1. The van der Waals surface area contributed by atoms with Gasteiger partial charge in [0.15, 0.2) is 0 Å². The van der Waals surface area contributed by atoms with E-state index in [1.54, 1.807) is 25.7 Å². The van der Waals surface area contributed by atoms with Gasteiger partial charge >= 0.3 is 6.09 Å². The maximum atomic E-state index is 14.4. The van der Waals surface area contributed by atoms with Crippen molar-refractivity contribution in [2.24, 2.45) is 11.8 Å². The molecule has 2 aromatic carbocycles. The van der Waals surface area contributed by atoms with E-state index >= 15 is 0 Å². The number of para-hydroxylation sites is 1. The van der Waals surface area contributed by atoms with Crippen molar-refractivity contribution in [3.8, 4) is 0 Å². The Kier molecular flexibility index (Phi) is 9.47. The number of aryl methyl sites for hydroxylation is 2. The van der Waals surface area contributed by atoms with Gasteiger partial charge in [0, 0.05) is 11.7 Å². The molecule has 3 rings (SSSR count). The number of anilines is 1. The molecule has 1 fully saturated rings. The third-order valence-electron chi connectivity index (χ3n) is 7.25. The average Bonchev–Trinajstić information content (AvgIpc) is 3.54. The minimum absolute atomic E-state index is 0.111. The summed E-state index contributed by atoms with van der Waals surface area (Å²) < 4.78 is 5.50. The highest BCUT2D eigenvalue weighted by atomic mass is 16.6. The van der Waals surface area contributed by atoms with E-state index in [0.29, 0.717) is 12.1 Å². The number of hydrogen-bond donors (Lipinski definition) is 2. The van der Waals surface area contributed by atoms with Crippen LogP contribution in [0.2, 0.25) is 0 Å². The van der Waals surface area contributed by atoms with Gasteiger partial charge in [-0.1, -0.05) is 57.2 Å². The average molecular weight is 536 g/mol. The summed E-state index contributed by atoms with van der Waals surface area (Å²) in [6.45, 7) is 17.4. The van der Waals surface area contributed by atoms with Gasteiger partial charge in [0.1, 0.15) is 17.7 Å². The monoisotopic (exact) mass is 535 g/mol. The molecule has 4 unspecified atom stereocenters. The van der Waals surface area contributed by atoms with Crippen molar-refractivity contribution >= 4 is 23.6 Å². The Balaban J connectivity index is 2.08. The Hall–Kier alpha value is -3.35. The Morgan fingerprint density at radius 2 is 1.62 bits per heavy atom. The predicted octanol–water partition coefficient (Wildman–Crippen LogP) is 6.47. The van der Waals surface area contributed by atoms with Crippen LogP contribution >= 0.6 is 0 Å². The number of hydrogen-bond acceptors (Lipinski definition) is 4. The highest BCUT2D eigenvalue weighted by molar-refractivity contribution is 6.00. The van der Waals surface area contributed by atoms with Crippen LogP contribution in [-0.4, -0.2) is 40.5 Å². The zero-order valence-corrected chi connectivity index (χ0v) is 24.9. The van der Waals surface area contributed by atoms with Crippen molar-refractivity contribution in [3.05, 3.63) is 64.7 Å². The second kappa shape index (κ2) is 12.2. The highest BCUT2D eigenvalue weighted by Gasteiger charge is 2.48. The summed E-state index contributed by atoms with van der Waals surface area (Å²) in [5, 5.41) is 5.92. The summed E-state index contributed by atoms with van der Waals surface area (Å²) in [5.41, 5.74) is 3.74. The molecule has 3 amide bonds. The van der Waals surface area contributed by atoms with Gasteiger partial charge in [0.05, 0.1) is 0 Å². The third kappa shape index (κ3) is 7.84. The van der Waals surface area contributed by atoms with Gasteiger partial charge in [0.2, 0.25) is 5.91 Å². The summed E-state index contributed by atoms with van der Waals surface area (Å²) in [6, 6.07) is 11.7. The van der Waals surface area contributed by atoms with E-state index in [2.05, 4.69) is 17.6 Å². The summed E-state index contributed by atoms with van der Waals surface area (Å²) in [7, 11) is 0. The molecule has 0 saturated heterocycles. The number of benzene rings is 2. The van der Waals surface area contributed by atoms with Crippen molar-refractivity contribution in [1.82, 2.24) is 10.2 Å². The van der Waals surface area contributed by atoms with E-state index in [4.69, 9.17) is 4.74 Å². The second-order valence-corrected chi connectivity index (χ2v) is 12.4. The Labute approximate surface area is 233 Å². The maximum Gasteiger partial charge on any atom is 0.408 e. The highest BCUT2D eigenvalue weighted by Crippen LogP contribution is 2.42. The summed E-state index contributed by atoms with van der Waals surface area (Å²) in [4.78, 5) is 43.1. The Morgan fingerprint density at radius 1 is 1.00 bits per heavy atom. The Morgan fingerprint density at radius 3 is 2.18 bits per heavy atom. The minimum Gasteiger partial charge on any atom is -0.444 e. The van der Waals surface area contributed by atoms with Gasteiger partial charge < -0.3 is 20.3 Å². The fourth-order valence-corrected chi connectivity index (χ4v) is 4.90. The van der Waals surface area contributed by atoms with Gasteiger partial charge in [-0.3, -0.25) is 9.59 Å². The quantitative estimate of drug-likeness (QED) is 0.385. The first kappa shape index (κ1) is 30.2. The molecule has 0 aromatic heterocycles. The normalized spacial score (nSPS) is 18.2. The lowest BCUT2D eigenvalue weighted by Crippen LogP contribution is -2.54. The standard InChI is InChI=1S/C32H45N3O4/c1-19(2)17-26(34-31(38)39-32(7,8)9)30(37)35(27-18-22(27)5)28(24-15-12-14-20(3)23(24)6)29(36)33-25-16-11-10-13-21(25)4/h10-16,19,22,26-28H,17-18H2,1-9H3,(H,33,36)(H,34,38). The zero-order chi connectivity index (χ0) is 29.1. The molecule has 0 bridgehead atoms. The first-order chi connectivity index (χ1) is 18.2. The third-order valence-corrected chi connectivity index (χ3v) is 7.25. The molecule has 7 nitrogen and oxygen atoms in total. The molecular formula is C32H45N3O4. The SMILES string of the molecule is Cc1ccccc1NC(=O)C(c1cccc(C)c1C)N(C(=O)C(CC(C)C)NC(=O)OC(C)(C)C)C1CC1C. The first-order valence-electron chi connectivity index (χ1n) is 13.9. The minimum atomic E-state index is -0.859. The molecule has 2 aromatic rings. The van der Waals surface area contributed by atoms with Gasteiger partial charge in [-0.25, -0.2) is 4.79 Å². The molecule has 0 spiro atoms. The van der Waals surface area contributed by atoms with E-state index < -0.39 is 23.8 Å². The molecule has 2 N–H and O–H groups in total. The molecule has 1 aliphatic carbocycles. The van der Waals surface area contributed by atoms with Crippen LogP contribution in [0.25, 0.3) is 0 Å². The molecule has 0 radical (unpaired) electrons. The fourth-order valence-electron chi connectivity index (χ4n) is 4.90. The zero-order valence-electron chi connectivity index (χ0n) is 24.9. The second-order valence-electron chi connectivity index (χ2n) is 12.4. The van der Waals surface area contributed by atoms with Gasteiger partial charge in [0.25, 0.3) is 5.91 Å². The van der Waals surface area contributed by atoms with E-state index in [-0.39, 0.29) is 29.7 Å². The lowest BCUT2D eigenvalue weighted by atomic mass is 9.94. The van der Waals surface area contributed by atoms with Crippen molar-refractivity contribution in [2.75, 3.05) is 5.32 Å². The predicted molar refractivity (Wildman–Crippen MR) is 155 cm³/mol. The van der Waals surface area contributed by atoms with Crippen LogP contribution in [0, 0.1) is 32.6 Å². The van der Waals surface area contributed by atoms with Crippen molar-refractivity contribution in [2.45, 2.75) is 98.9 Å². The molecule has 0 heterocycles. The van der Waals surface area contributed by atoms with E-state index in [9.17, 15) is 14.4 Å². The van der Waals surface area contributed by atoms with E-state index in [0.717, 1.165) is 28.7 Å². The number of carbonyl (C=O) groups excluding carboxylic acids is 3. The maximum absolute atomic E-state index is 14.4. The smallest absolute Gasteiger partial charge is 0.408 e. The molecular weight excluding hydrogens is 490 g/mol. The summed E-state index contributed by atoms with van der Waals surface area (Å²) in [5.74, 6) is -0.165. The molecule has 212 valence electrons. The number of carbonyl (C=O) groups is 3. The van der Waals surface area contributed by atoms with Crippen LogP contribution < -0.4 is 10.6 Å².